The molecule has 2 aromatic carbocycles. The number of anilines is 1. The molecule has 0 bridgehead atoms. The number of hydrogen-bond acceptors (Lipinski definition) is 6. The van der Waals surface area contributed by atoms with Crippen LogP contribution in [0.2, 0.25) is 0 Å². The molecule has 0 radical (unpaired) electrons. The number of amides is 2. The number of ether oxygens (including phenoxy) is 1. The number of aromatic nitrogens is 3. The van der Waals surface area contributed by atoms with Crippen molar-refractivity contribution >= 4 is 29.5 Å². The lowest BCUT2D eigenvalue weighted by atomic mass is 9.75. The number of carbonyl (C=O) groups is 3. The van der Waals surface area contributed by atoms with Gasteiger partial charge in [0.2, 0.25) is 0 Å². The molecule has 3 aliphatic rings. The summed E-state index contributed by atoms with van der Waals surface area (Å²) in [6, 6.07) is 9.41. The lowest BCUT2D eigenvalue weighted by Gasteiger charge is -2.42. The molecule has 0 spiro atoms. The monoisotopic (exact) mass is 581 g/mol. The summed E-state index contributed by atoms with van der Waals surface area (Å²) in [6.45, 7) is 0.348. The fraction of sp³-hybridized carbons (Fsp3) is 0.345. The first-order chi connectivity index (χ1) is 19.9. The van der Waals surface area contributed by atoms with Crippen LogP contribution in [0.15, 0.2) is 48.3 Å². The Hall–Kier alpha value is -4.52. The van der Waals surface area contributed by atoms with E-state index in [4.69, 9.17) is 4.74 Å². The molecule has 42 heavy (non-hydrogen) atoms. The number of hydrogen-bond donors (Lipinski definition) is 1. The Morgan fingerprint density at radius 2 is 1.95 bits per heavy atom. The molecule has 10 nitrogen and oxygen atoms in total. The first-order valence-electron chi connectivity index (χ1n) is 13.2. The van der Waals surface area contributed by atoms with Gasteiger partial charge >= 0.3 is 12.3 Å². The molecule has 1 aromatic heterocycles. The van der Waals surface area contributed by atoms with Gasteiger partial charge in [-0.3, -0.25) is 9.59 Å². The second-order valence-corrected chi connectivity index (χ2v) is 10.9. The Morgan fingerprint density at radius 3 is 2.60 bits per heavy atom. The molecule has 4 heterocycles. The number of likely N-dealkylation sites (tertiary alicyclic amines) is 1. The number of Topliss-reactive ketones (excluding diaryl/α,β-unsaturated/α-hetero) is 1. The molecule has 0 unspecified atom stereocenters. The van der Waals surface area contributed by atoms with Crippen molar-refractivity contribution in [3.63, 3.8) is 0 Å². The maximum absolute atomic E-state index is 14.3. The minimum absolute atomic E-state index is 0.00913. The number of fused-ring (bicyclic) bond motifs is 1. The van der Waals surface area contributed by atoms with Crippen molar-refractivity contribution < 1.29 is 37.4 Å². The van der Waals surface area contributed by atoms with Crippen LogP contribution in [0.1, 0.15) is 44.9 Å². The summed E-state index contributed by atoms with van der Waals surface area (Å²) in [6.07, 6.45) is -2.66. The smallest absolute Gasteiger partial charge is 0.416 e. The van der Waals surface area contributed by atoms with Crippen LogP contribution >= 0.6 is 0 Å². The Morgan fingerprint density at radius 1 is 1.17 bits per heavy atom. The van der Waals surface area contributed by atoms with Crippen molar-refractivity contribution in [3.05, 3.63) is 81.9 Å². The number of benzene rings is 2. The Kier molecular flexibility index (Phi) is 6.64. The molecule has 13 heteroatoms. The predicted octanol–water partition coefficient (Wildman–Crippen LogP) is 3.84. The highest BCUT2D eigenvalue weighted by Crippen LogP contribution is 2.42. The first kappa shape index (κ1) is 27.6. The van der Waals surface area contributed by atoms with E-state index in [1.165, 1.54) is 17.0 Å². The van der Waals surface area contributed by atoms with E-state index in [0.29, 0.717) is 25.3 Å². The maximum atomic E-state index is 14.3. The molecule has 0 aliphatic carbocycles. The third-order valence-corrected chi connectivity index (χ3v) is 8.14. The van der Waals surface area contributed by atoms with Gasteiger partial charge in [0, 0.05) is 48.7 Å². The van der Waals surface area contributed by atoms with Crippen LogP contribution in [0.4, 0.5) is 23.7 Å². The fourth-order valence-electron chi connectivity index (χ4n) is 5.73. The number of carbonyl (C=O) groups excluding carboxylic acids is 2. The van der Waals surface area contributed by atoms with Gasteiger partial charge in [-0.25, -0.2) is 4.79 Å². The molecular formula is C29H26F3N5O5. The summed E-state index contributed by atoms with van der Waals surface area (Å²) in [5.74, 6) is -0.184. The van der Waals surface area contributed by atoms with Crippen LogP contribution in [-0.4, -0.2) is 68.9 Å². The van der Waals surface area contributed by atoms with Gasteiger partial charge in [-0.15, -0.1) is 10.2 Å². The second kappa shape index (κ2) is 10.1. The van der Waals surface area contributed by atoms with E-state index in [-0.39, 0.29) is 54.1 Å². The minimum Gasteiger partial charge on any atom is -0.465 e. The zero-order valence-corrected chi connectivity index (χ0v) is 22.5. The second-order valence-electron chi connectivity index (χ2n) is 10.9. The standard InChI is InChI=1S/C29H26F3N5O5/c1-35-16-33-34-25(35)11-28(14-42-15-28)19-3-2-4-20(10-19)37-13-22-21(26(37)39)8-17(9-23(22)29(30,31)32)7-18-12-36(27(40)41)6-5-24(18)38/h2-4,7-10,16H,5-6,11-15H2,1H3,(H,40,41)/b18-7+. The molecule has 6 rings (SSSR count). The van der Waals surface area contributed by atoms with Crippen molar-refractivity contribution in [1.82, 2.24) is 19.7 Å². The molecular weight excluding hydrogens is 555 g/mol. The predicted molar refractivity (Wildman–Crippen MR) is 143 cm³/mol. The normalized spacial score (nSPS) is 19.3. The lowest BCUT2D eigenvalue weighted by Crippen LogP contribution is -2.49. The topological polar surface area (TPSA) is 118 Å². The van der Waals surface area contributed by atoms with Crippen LogP contribution in [-0.2, 0) is 41.1 Å². The van der Waals surface area contributed by atoms with Crippen LogP contribution in [0.25, 0.3) is 6.08 Å². The van der Waals surface area contributed by atoms with E-state index in [2.05, 4.69) is 10.2 Å². The third-order valence-electron chi connectivity index (χ3n) is 8.14. The highest BCUT2D eigenvalue weighted by Gasteiger charge is 2.43. The maximum Gasteiger partial charge on any atom is 0.416 e. The van der Waals surface area contributed by atoms with Crippen molar-refractivity contribution in [2.45, 2.75) is 31.0 Å². The van der Waals surface area contributed by atoms with Gasteiger partial charge in [-0.1, -0.05) is 12.1 Å². The van der Waals surface area contributed by atoms with Crippen LogP contribution in [0.3, 0.4) is 0 Å². The molecule has 2 saturated heterocycles. The van der Waals surface area contributed by atoms with Gasteiger partial charge < -0.3 is 24.2 Å². The van der Waals surface area contributed by atoms with Gasteiger partial charge in [0.15, 0.2) is 5.78 Å². The first-order valence-corrected chi connectivity index (χ1v) is 13.2. The van der Waals surface area contributed by atoms with E-state index >= 15 is 0 Å². The fourth-order valence-corrected chi connectivity index (χ4v) is 5.73. The molecule has 0 atom stereocenters. The Labute approximate surface area is 238 Å². The lowest BCUT2D eigenvalue weighted by molar-refractivity contribution is -0.138. The zero-order chi connectivity index (χ0) is 29.8. The Bertz CT molecular complexity index is 1640. The average Bonchev–Trinajstić information content (AvgIpc) is 3.48. The van der Waals surface area contributed by atoms with Gasteiger partial charge in [-0.2, -0.15) is 13.2 Å². The van der Waals surface area contributed by atoms with E-state index in [1.54, 1.807) is 24.5 Å². The van der Waals surface area contributed by atoms with E-state index in [0.717, 1.165) is 22.4 Å². The van der Waals surface area contributed by atoms with Gasteiger partial charge in [0.1, 0.15) is 12.2 Å². The minimum atomic E-state index is -4.76. The van der Waals surface area contributed by atoms with E-state index < -0.39 is 29.2 Å². The molecule has 2 fully saturated rings. The average molecular weight is 582 g/mol. The summed E-state index contributed by atoms with van der Waals surface area (Å²) in [5.41, 5.74) is -0.243. The molecule has 3 aromatic rings. The number of rotatable bonds is 5. The van der Waals surface area contributed by atoms with Crippen LogP contribution < -0.4 is 4.90 Å². The van der Waals surface area contributed by atoms with Crippen molar-refractivity contribution in [2.24, 2.45) is 7.05 Å². The highest BCUT2D eigenvalue weighted by atomic mass is 19.4. The van der Waals surface area contributed by atoms with Gasteiger partial charge in [0.25, 0.3) is 5.91 Å². The quantitative estimate of drug-likeness (QED) is 0.455. The summed E-state index contributed by atoms with van der Waals surface area (Å²) < 4.78 is 50.1. The van der Waals surface area contributed by atoms with Crippen molar-refractivity contribution in [3.8, 4) is 0 Å². The van der Waals surface area contributed by atoms with Gasteiger partial charge in [0.05, 0.1) is 31.9 Å². The Balaban J connectivity index is 1.34. The number of aryl methyl sites for hydroxylation is 1. The number of piperidine rings is 1. The SMILES string of the molecule is Cn1cnnc1CC1(c2cccc(N3Cc4c(cc(/C=C5\CN(C(=O)O)CCC5=O)cc4C(F)(F)F)C3=O)c2)COC1. The van der Waals surface area contributed by atoms with Crippen molar-refractivity contribution in [1.29, 1.82) is 0 Å². The number of carboxylic acid groups (broad SMARTS) is 1. The summed E-state index contributed by atoms with van der Waals surface area (Å²) in [4.78, 5) is 39.8. The molecule has 1 N–H and O–H groups in total. The molecule has 3 aliphatic heterocycles. The number of alkyl halides is 3. The summed E-state index contributed by atoms with van der Waals surface area (Å²) in [5, 5.41) is 17.4. The largest absolute Gasteiger partial charge is 0.465 e. The molecule has 218 valence electrons. The van der Waals surface area contributed by atoms with E-state index in [1.807, 2.05) is 17.7 Å². The van der Waals surface area contributed by atoms with E-state index in [9.17, 15) is 32.7 Å². The number of halogens is 3. The number of nitrogens with zero attached hydrogens (tertiary/aromatic N) is 5. The van der Waals surface area contributed by atoms with Crippen LogP contribution in [0, 0.1) is 0 Å². The summed E-state index contributed by atoms with van der Waals surface area (Å²) in [7, 11) is 1.84. The summed E-state index contributed by atoms with van der Waals surface area (Å²) >= 11 is 0. The van der Waals surface area contributed by atoms with Crippen LogP contribution in [0.5, 0.6) is 0 Å². The van der Waals surface area contributed by atoms with Gasteiger partial charge in [-0.05, 0) is 47.0 Å². The zero-order valence-electron chi connectivity index (χ0n) is 22.5. The third kappa shape index (κ3) is 4.83. The highest BCUT2D eigenvalue weighted by molar-refractivity contribution is 6.11. The molecule has 0 saturated carbocycles. The number of ketones is 1. The molecule has 2 amide bonds. The van der Waals surface area contributed by atoms with Crippen molar-refractivity contribution in [2.75, 3.05) is 31.2 Å².